The second kappa shape index (κ2) is 3.30. The van der Waals surface area contributed by atoms with E-state index in [-0.39, 0.29) is 0 Å². The maximum atomic E-state index is 12.1. The zero-order chi connectivity index (χ0) is 8.43. The van der Waals surface area contributed by atoms with Crippen LogP contribution in [0.2, 0.25) is 0 Å². The molecule has 0 fully saturated rings. The van der Waals surface area contributed by atoms with Gasteiger partial charge in [0.2, 0.25) is 0 Å². The predicted octanol–water partition coefficient (Wildman–Crippen LogP) is 2.93. The third-order valence-electron chi connectivity index (χ3n) is 1.50. The van der Waals surface area contributed by atoms with Crippen molar-refractivity contribution in [1.29, 1.82) is 0 Å². The molecule has 0 N–H and O–H groups in total. The van der Waals surface area contributed by atoms with E-state index in [1.54, 1.807) is 6.07 Å². The van der Waals surface area contributed by atoms with Crippen LogP contribution in [0.5, 0.6) is 0 Å². The number of aromatic nitrogens is 1. The van der Waals surface area contributed by atoms with Crippen molar-refractivity contribution >= 4 is 15.9 Å². The Morgan fingerprint density at radius 2 is 2.18 bits per heavy atom. The third-order valence-corrected chi connectivity index (χ3v) is 2.69. The summed E-state index contributed by atoms with van der Waals surface area (Å²) in [7, 11) is 0. The van der Waals surface area contributed by atoms with Crippen LogP contribution in [0.25, 0.3) is 0 Å². The highest BCUT2D eigenvalue weighted by atomic mass is 79.9. The summed E-state index contributed by atoms with van der Waals surface area (Å²) in [5.74, 6) is 0. The fourth-order valence-electron chi connectivity index (χ4n) is 0.964. The minimum atomic E-state index is -0.491. The summed E-state index contributed by atoms with van der Waals surface area (Å²) in [6.07, 6.45) is 0. The SMILES string of the molecule is Cc1cc(CF)nc(C)c1Br. The molecule has 1 heterocycles. The second-order valence-corrected chi connectivity index (χ2v) is 3.26. The van der Waals surface area contributed by atoms with Crippen molar-refractivity contribution in [2.75, 3.05) is 0 Å². The van der Waals surface area contributed by atoms with Crippen LogP contribution in [0.1, 0.15) is 17.0 Å². The van der Waals surface area contributed by atoms with Gasteiger partial charge in [0, 0.05) is 4.47 Å². The molecule has 0 amide bonds. The molecule has 0 saturated carbocycles. The molecule has 0 unspecified atom stereocenters. The molecule has 1 aromatic heterocycles. The first-order valence-electron chi connectivity index (χ1n) is 3.33. The van der Waals surface area contributed by atoms with Crippen LogP contribution in [0.3, 0.4) is 0 Å². The van der Waals surface area contributed by atoms with Crippen molar-refractivity contribution in [2.24, 2.45) is 0 Å². The molecular weight excluding hydrogens is 209 g/mol. The van der Waals surface area contributed by atoms with Gasteiger partial charge in [-0.05, 0) is 41.4 Å². The molecule has 0 radical (unpaired) electrons. The van der Waals surface area contributed by atoms with Gasteiger partial charge < -0.3 is 0 Å². The summed E-state index contributed by atoms with van der Waals surface area (Å²) in [4.78, 5) is 4.03. The lowest BCUT2D eigenvalue weighted by atomic mass is 10.2. The van der Waals surface area contributed by atoms with Gasteiger partial charge in [0.25, 0.3) is 0 Å². The highest BCUT2D eigenvalue weighted by molar-refractivity contribution is 9.10. The molecule has 1 aromatic rings. The van der Waals surface area contributed by atoms with Gasteiger partial charge in [0.05, 0.1) is 11.4 Å². The first-order chi connectivity index (χ1) is 5.15. The summed E-state index contributed by atoms with van der Waals surface area (Å²) in [6, 6.07) is 1.75. The Kier molecular flexibility index (Phi) is 2.60. The lowest BCUT2D eigenvalue weighted by Crippen LogP contribution is -1.92. The Balaban J connectivity index is 3.21. The Hall–Kier alpha value is -0.440. The summed E-state index contributed by atoms with van der Waals surface area (Å²) in [5.41, 5.74) is 2.38. The van der Waals surface area contributed by atoms with Gasteiger partial charge in [-0.1, -0.05) is 0 Å². The molecule has 0 aliphatic heterocycles. The molecule has 0 saturated heterocycles. The average molecular weight is 218 g/mol. The molecule has 1 rings (SSSR count). The Bertz CT molecular complexity index is 250. The normalized spacial score (nSPS) is 10.2. The Morgan fingerprint density at radius 3 is 2.64 bits per heavy atom. The molecule has 1 nitrogen and oxygen atoms in total. The number of rotatable bonds is 1. The van der Waals surface area contributed by atoms with Crippen LogP contribution in [-0.4, -0.2) is 4.98 Å². The minimum absolute atomic E-state index is 0.491. The van der Waals surface area contributed by atoms with E-state index in [0.717, 1.165) is 15.7 Å². The van der Waals surface area contributed by atoms with Crippen LogP contribution >= 0.6 is 15.9 Å². The first kappa shape index (κ1) is 8.65. The van der Waals surface area contributed by atoms with Gasteiger partial charge in [0.15, 0.2) is 0 Å². The van der Waals surface area contributed by atoms with Crippen LogP contribution in [0, 0.1) is 13.8 Å². The molecule has 0 aliphatic rings. The number of alkyl halides is 1. The van der Waals surface area contributed by atoms with Crippen molar-refractivity contribution in [3.63, 3.8) is 0 Å². The van der Waals surface area contributed by atoms with Gasteiger partial charge in [-0.15, -0.1) is 0 Å². The third kappa shape index (κ3) is 1.77. The Morgan fingerprint density at radius 1 is 1.55 bits per heavy atom. The molecule has 60 valence electrons. The molecule has 0 bridgehead atoms. The van der Waals surface area contributed by atoms with E-state index in [1.165, 1.54) is 0 Å². The topological polar surface area (TPSA) is 12.9 Å². The van der Waals surface area contributed by atoms with E-state index in [1.807, 2.05) is 13.8 Å². The summed E-state index contributed by atoms with van der Waals surface area (Å²) >= 11 is 3.36. The number of nitrogens with zero attached hydrogens (tertiary/aromatic N) is 1. The van der Waals surface area contributed by atoms with Crippen LogP contribution in [0.4, 0.5) is 4.39 Å². The fraction of sp³-hybridized carbons (Fsp3) is 0.375. The zero-order valence-corrected chi connectivity index (χ0v) is 8.07. The molecule has 0 aliphatic carbocycles. The van der Waals surface area contributed by atoms with Crippen LogP contribution < -0.4 is 0 Å². The van der Waals surface area contributed by atoms with E-state index in [0.29, 0.717) is 5.69 Å². The highest BCUT2D eigenvalue weighted by Crippen LogP contribution is 2.19. The van der Waals surface area contributed by atoms with Crippen LogP contribution in [0.15, 0.2) is 10.5 Å². The monoisotopic (exact) mass is 217 g/mol. The smallest absolute Gasteiger partial charge is 0.131 e. The summed E-state index contributed by atoms with van der Waals surface area (Å²) in [6.45, 7) is 3.29. The number of aryl methyl sites for hydroxylation is 2. The van der Waals surface area contributed by atoms with Crippen molar-refractivity contribution in [3.05, 3.63) is 27.5 Å². The van der Waals surface area contributed by atoms with E-state index in [9.17, 15) is 4.39 Å². The quantitative estimate of drug-likeness (QED) is 0.706. The van der Waals surface area contributed by atoms with E-state index < -0.39 is 6.67 Å². The number of hydrogen-bond donors (Lipinski definition) is 0. The minimum Gasteiger partial charge on any atom is -0.254 e. The van der Waals surface area contributed by atoms with Crippen molar-refractivity contribution in [1.82, 2.24) is 4.98 Å². The fourth-order valence-corrected chi connectivity index (χ4v) is 1.17. The maximum Gasteiger partial charge on any atom is 0.131 e. The van der Waals surface area contributed by atoms with Crippen molar-refractivity contribution in [3.8, 4) is 0 Å². The van der Waals surface area contributed by atoms with Gasteiger partial charge in [-0.25, -0.2) is 4.39 Å². The number of hydrogen-bond acceptors (Lipinski definition) is 1. The van der Waals surface area contributed by atoms with Gasteiger partial charge in [-0.3, -0.25) is 4.98 Å². The van der Waals surface area contributed by atoms with Gasteiger partial charge in [0.1, 0.15) is 6.67 Å². The maximum absolute atomic E-state index is 12.1. The molecule has 0 atom stereocenters. The van der Waals surface area contributed by atoms with Gasteiger partial charge >= 0.3 is 0 Å². The zero-order valence-electron chi connectivity index (χ0n) is 6.49. The lowest BCUT2D eigenvalue weighted by molar-refractivity contribution is 0.475. The number of pyridine rings is 1. The molecule has 0 aromatic carbocycles. The van der Waals surface area contributed by atoms with Crippen LogP contribution in [-0.2, 0) is 6.67 Å². The first-order valence-corrected chi connectivity index (χ1v) is 4.13. The van der Waals surface area contributed by atoms with E-state index in [4.69, 9.17) is 0 Å². The van der Waals surface area contributed by atoms with E-state index in [2.05, 4.69) is 20.9 Å². The number of halogens is 2. The molecular formula is C8H9BrFN. The molecule has 0 spiro atoms. The van der Waals surface area contributed by atoms with Crippen molar-refractivity contribution in [2.45, 2.75) is 20.5 Å². The van der Waals surface area contributed by atoms with Crippen molar-refractivity contribution < 1.29 is 4.39 Å². The largest absolute Gasteiger partial charge is 0.254 e. The molecule has 3 heteroatoms. The summed E-state index contributed by atoms with van der Waals surface area (Å²) in [5, 5.41) is 0. The predicted molar refractivity (Wildman–Crippen MR) is 46.2 cm³/mol. The average Bonchev–Trinajstić information content (AvgIpc) is 1.99. The van der Waals surface area contributed by atoms with Gasteiger partial charge in [-0.2, -0.15) is 0 Å². The Labute approximate surface area is 73.8 Å². The highest BCUT2D eigenvalue weighted by Gasteiger charge is 2.02. The lowest BCUT2D eigenvalue weighted by Gasteiger charge is -2.03. The van der Waals surface area contributed by atoms with E-state index >= 15 is 0 Å². The molecule has 11 heavy (non-hydrogen) atoms. The summed E-state index contributed by atoms with van der Waals surface area (Å²) < 4.78 is 13.1. The second-order valence-electron chi connectivity index (χ2n) is 2.46. The standard InChI is InChI=1S/C8H9BrFN/c1-5-3-7(4-10)11-6(2)8(5)9/h3H,4H2,1-2H3.